The lowest BCUT2D eigenvalue weighted by Crippen LogP contribution is -2.44. The van der Waals surface area contributed by atoms with E-state index in [0.29, 0.717) is 18.5 Å². The number of sulfonamides is 1. The molecular weight excluding hydrogens is 320 g/mol. The molecule has 0 spiro atoms. The Morgan fingerprint density at radius 1 is 1.22 bits per heavy atom. The number of piperidine rings is 1. The number of carboxylic acid groups (broad SMARTS) is 1. The molecule has 126 valence electrons. The Hall–Kier alpha value is -1.93. The molecule has 3 N–H and O–H groups in total. The maximum absolute atomic E-state index is 12.6. The first-order valence-electron chi connectivity index (χ1n) is 7.44. The van der Waals surface area contributed by atoms with E-state index in [1.165, 1.54) is 24.3 Å². The summed E-state index contributed by atoms with van der Waals surface area (Å²) in [5, 5.41) is 13.9. The first kappa shape index (κ1) is 17.4. The van der Waals surface area contributed by atoms with Crippen molar-refractivity contribution in [2.24, 2.45) is 5.14 Å². The summed E-state index contributed by atoms with van der Waals surface area (Å²) in [7, 11) is -3.79. The quantitative estimate of drug-likeness (QED) is 0.835. The van der Waals surface area contributed by atoms with Crippen molar-refractivity contribution in [2.45, 2.75) is 43.0 Å². The molecule has 1 heterocycles. The minimum Gasteiger partial charge on any atom is -0.481 e. The zero-order valence-corrected chi connectivity index (χ0v) is 13.5. The van der Waals surface area contributed by atoms with Crippen LogP contribution in [0.1, 0.15) is 42.5 Å². The number of carbonyl (C=O) groups excluding carboxylic acids is 1. The molecular formula is C15H20N2O5S. The molecule has 1 amide bonds. The van der Waals surface area contributed by atoms with Gasteiger partial charge in [0.05, 0.1) is 4.90 Å². The highest BCUT2D eigenvalue weighted by Gasteiger charge is 2.27. The number of aliphatic carboxylic acids is 1. The Bertz CT molecular complexity index is 684. The minimum atomic E-state index is -3.79. The van der Waals surface area contributed by atoms with E-state index < -0.39 is 16.0 Å². The summed E-state index contributed by atoms with van der Waals surface area (Å²) in [6.07, 6.45) is 3.09. The zero-order valence-electron chi connectivity index (χ0n) is 12.6. The van der Waals surface area contributed by atoms with Gasteiger partial charge in [0.2, 0.25) is 10.0 Å². The van der Waals surface area contributed by atoms with Crippen LogP contribution in [-0.4, -0.2) is 42.9 Å². The third-order valence-corrected chi connectivity index (χ3v) is 4.94. The number of likely N-dealkylation sites (tertiary alicyclic amines) is 1. The average molecular weight is 340 g/mol. The molecule has 8 heteroatoms. The van der Waals surface area contributed by atoms with E-state index in [2.05, 4.69) is 0 Å². The van der Waals surface area contributed by atoms with Crippen LogP contribution in [0.5, 0.6) is 0 Å². The molecule has 1 aliphatic rings. The monoisotopic (exact) mass is 340 g/mol. The lowest BCUT2D eigenvalue weighted by Gasteiger charge is -2.35. The van der Waals surface area contributed by atoms with Crippen molar-refractivity contribution >= 4 is 21.9 Å². The Morgan fingerprint density at radius 2 is 1.87 bits per heavy atom. The van der Waals surface area contributed by atoms with Gasteiger partial charge in [-0.2, -0.15) is 0 Å². The fourth-order valence-corrected chi connectivity index (χ4v) is 3.33. The van der Waals surface area contributed by atoms with Crippen LogP contribution in [0.15, 0.2) is 29.2 Å². The maximum atomic E-state index is 12.6. The van der Waals surface area contributed by atoms with Crippen molar-refractivity contribution < 1.29 is 23.1 Å². The van der Waals surface area contributed by atoms with Crippen LogP contribution < -0.4 is 5.14 Å². The molecule has 0 bridgehead atoms. The fourth-order valence-electron chi connectivity index (χ4n) is 2.81. The smallest absolute Gasteiger partial charge is 0.303 e. The van der Waals surface area contributed by atoms with E-state index in [1.54, 1.807) is 4.90 Å². The number of hydrogen-bond donors (Lipinski definition) is 2. The zero-order chi connectivity index (χ0) is 17.0. The SMILES string of the molecule is NS(=O)(=O)c1ccc(C(=O)N2CCCCC2CCC(=O)O)cc1. The largest absolute Gasteiger partial charge is 0.481 e. The molecule has 1 unspecified atom stereocenters. The van der Waals surface area contributed by atoms with Gasteiger partial charge in [-0.1, -0.05) is 0 Å². The minimum absolute atomic E-state index is 0.0266. The summed E-state index contributed by atoms with van der Waals surface area (Å²) in [4.78, 5) is 25.0. The van der Waals surface area contributed by atoms with E-state index in [1.807, 2.05) is 0 Å². The third kappa shape index (κ3) is 4.52. The van der Waals surface area contributed by atoms with Crippen molar-refractivity contribution in [3.8, 4) is 0 Å². The van der Waals surface area contributed by atoms with Crippen LogP contribution >= 0.6 is 0 Å². The molecule has 23 heavy (non-hydrogen) atoms. The average Bonchev–Trinajstić information content (AvgIpc) is 2.52. The molecule has 7 nitrogen and oxygen atoms in total. The van der Waals surface area contributed by atoms with Gasteiger partial charge in [-0.15, -0.1) is 0 Å². The topological polar surface area (TPSA) is 118 Å². The number of rotatable bonds is 5. The van der Waals surface area contributed by atoms with Crippen LogP contribution in [0.4, 0.5) is 0 Å². The lowest BCUT2D eigenvalue weighted by atomic mass is 9.97. The van der Waals surface area contributed by atoms with Crippen LogP contribution in [0, 0.1) is 0 Å². The van der Waals surface area contributed by atoms with Crippen LogP contribution in [-0.2, 0) is 14.8 Å². The van der Waals surface area contributed by atoms with Crippen LogP contribution in [0.2, 0.25) is 0 Å². The fraction of sp³-hybridized carbons (Fsp3) is 0.467. The van der Waals surface area contributed by atoms with E-state index in [9.17, 15) is 18.0 Å². The Balaban J connectivity index is 2.14. The molecule has 1 aliphatic heterocycles. The normalized spacial score (nSPS) is 18.7. The summed E-state index contributed by atoms with van der Waals surface area (Å²) in [5.74, 6) is -1.08. The number of carboxylic acids is 1. The molecule has 1 atom stereocenters. The van der Waals surface area contributed by atoms with Gasteiger partial charge in [-0.3, -0.25) is 9.59 Å². The number of hydrogen-bond acceptors (Lipinski definition) is 4. The van der Waals surface area contributed by atoms with Gasteiger partial charge >= 0.3 is 5.97 Å². The van der Waals surface area contributed by atoms with Crippen molar-refractivity contribution in [1.82, 2.24) is 4.90 Å². The molecule has 0 aromatic heterocycles. The summed E-state index contributed by atoms with van der Waals surface area (Å²) in [6, 6.07) is 5.39. The Kier molecular flexibility index (Phi) is 5.38. The molecule has 0 aliphatic carbocycles. The molecule has 1 saturated heterocycles. The predicted molar refractivity (Wildman–Crippen MR) is 83.4 cm³/mol. The number of primary sulfonamides is 1. The van der Waals surface area contributed by atoms with Gasteiger partial charge in [-0.05, 0) is 49.9 Å². The number of nitrogens with two attached hydrogens (primary N) is 1. The van der Waals surface area contributed by atoms with Crippen molar-refractivity contribution in [3.05, 3.63) is 29.8 Å². The maximum Gasteiger partial charge on any atom is 0.303 e. The van der Waals surface area contributed by atoms with Crippen LogP contribution in [0.3, 0.4) is 0 Å². The number of nitrogens with zero attached hydrogens (tertiary/aromatic N) is 1. The van der Waals surface area contributed by atoms with Gasteiger partial charge < -0.3 is 10.0 Å². The number of amides is 1. The Morgan fingerprint density at radius 3 is 2.43 bits per heavy atom. The standard InChI is InChI=1S/C15H20N2O5S/c16-23(21,22)13-7-4-11(5-8-13)15(20)17-10-2-1-3-12(17)6-9-14(18)19/h4-5,7-8,12H,1-3,6,9-10H2,(H,18,19)(H2,16,21,22). The molecule has 0 saturated carbocycles. The molecule has 1 fully saturated rings. The molecule has 1 aromatic carbocycles. The second-order valence-corrected chi connectivity index (χ2v) is 7.21. The second kappa shape index (κ2) is 7.10. The third-order valence-electron chi connectivity index (χ3n) is 4.01. The van der Waals surface area contributed by atoms with Gasteiger partial charge in [0.1, 0.15) is 0 Å². The number of benzene rings is 1. The van der Waals surface area contributed by atoms with E-state index in [4.69, 9.17) is 10.2 Å². The summed E-state index contributed by atoms with van der Waals surface area (Å²) >= 11 is 0. The van der Waals surface area contributed by atoms with Crippen molar-refractivity contribution in [1.29, 1.82) is 0 Å². The van der Waals surface area contributed by atoms with Crippen molar-refractivity contribution in [3.63, 3.8) is 0 Å². The second-order valence-electron chi connectivity index (χ2n) is 5.65. The van der Waals surface area contributed by atoms with Crippen LogP contribution in [0.25, 0.3) is 0 Å². The van der Waals surface area contributed by atoms with E-state index >= 15 is 0 Å². The summed E-state index contributed by atoms with van der Waals surface area (Å²) < 4.78 is 22.5. The highest BCUT2D eigenvalue weighted by Crippen LogP contribution is 2.23. The first-order chi connectivity index (χ1) is 10.8. The van der Waals surface area contributed by atoms with Gasteiger partial charge in [0.15, 0.2) is 0 Å². The highest BCUT2D eigenvalue weighted by atomic mass is 32.2. The Labute approximate surface area is 135 Å². The predicted octanol–water partition coefficient (Wildman–Crippen LogP) is 1.19. The lowest BCUT2D eigenvalue weighted by molar-refractivity contribution is -0.137. The molecule has 1 aromatic rings. The highest BCUT2D eigenvalue weighted by molar-refractivity contribution is 7.89. The summed E-state index contributed by atoms with van der Waals surface area (Å²) in [6.45, 7) is 0.583. The van der Waals surface area contributed by atoms with Crippen molar-refractivity contribution in [2.75, 3.05) is 6.54 Å². The summed E-state index contributed by atoms with van der Waals surface area (Å²) in [5.41, 5.74) is 0.375. The van der Waals surface area contributed by atoms with Gasteiger partial charge in [0, 0.05) is 24.6 Å². The van der Waals surface area contributed by atoms with E-state index in [-0.39, 0.29) is 23.3 Å². The van der Waals surface area contributed by atoms with E-state index in [0.717, 1.165) is 19.3 Å². The number of carbonyl (C=O) groups is 2. The molecule has 2 rings (SSSR count). The molecule has 0 radical (unpaired) electrons. The van der Waals surface area contributed by atoms with Gasteiger partial charge in [-0.25, -0.2) is 13.6 Å². The van der Waals surface area contributed by atoms with Gasteiger partial charge in [0.25, 0.3) is 5.91 Å². The first-order valence-corrected chi connectivity index (χ1v) is 8.99.